The van der Waals surface area contributed by atoms with Crippen molar-refractivity contribution in [1.29, 1.82) is 5.26 Å². The highest BCUT2D eigenvalue weighted by Crippen LogP contribution is 2.14. The van der Waals surface area contributed by atoms with Gasteiger partial charge in [-0.15, -0.1) is 0 Å². The number of hydrogen-bond acceptors (Lipinski definition) is 3. The second kappa shape index (κ2) is 3.15. The fourth-order valence-corrected chi connectivity index (χ4v) is 1.70. The maximum absolute atomic E-state index is 8.53. The Balaban J connectivity index is 2.64. The fraction of sp³-hybridized carbons (Fsp3) is 0.125. The van der Waals surface area contributed by atoms with Crippen LogP contribution in [0.4, 0.5) is 0 Å². The Morgan fingerprint density at radius 1 is 1.54 bits per heavy atom. The van der Waals surface area contributed by atoms with Crippen molar-refractivity contribution in [3.63, 3.8) is 0 Å². The van der Waals surface area contributed by atoms with Gasteiger partial charge in [-0.3, -0.25) is 0 Å². The number of nitriles is 1. The van der Waals surface area contributed by atoms with Gasteiger partial charge in [-0.25, -0.2) is 9.50 Å². The van der Waals surface area contributed by atoms with Crippen LogP contribution in [0.2, 0.25) is 0 Å². The molecule has 2 rings (SSSR count). The molecule has 13 heavy (non-hydrogen) atoms. The Hall–Kier alpha value is -1.41. The smallest absolute Gasteiger partial charge is 0.156 e. The molecular formula is C8H5BrN4. The predicted octanol–water partition coefficient (Wildman–Crippen LogP) is 1.56. The van der Waals surface area contributed by atoms with Gasteiger partial charge in [0.1, 0.15) is 10.9 Å². The van der Waals surface area contributed by atoms with Crippen LogP contribution in [0.25, 0.3) is 5.65 Å². The average molecular weight is 237 g/mol. The lowest BCUT2D eigenvalue weighted by atomic mass is 10.2. The molecule has 0 aliphatic heterocycles. The molecule has 5 heteroatoms. The minimum atomic E-state index is 0.391. The van der Waals surface area contributed by atoms with Crippen LogP contribution in [0, 0.1) is 11.3 Å². The topological polar surface area (TPSA) is 54.0 Å². The van der Waals surface area contributed by atoms with E-state index in [1.165, 1.54) is 6.33 Å². The molecule has 0 aliphatic carbocycles. The zero-order valence-electron chi connectivity index (χ0n) is 6.61. The minimum Gasteiger partial charge on any atom is -0.215 e. The van der Waals surface area contributed by atoms with E-state index in [0.29, 0.717) is 6.42 Å². The minimum absolute atomic E-state index is 0.391. The Morgan fingerprint density at radius 3 is 3.15 bits per heavy atom. The van der Waals surface area contributed by atoms with E-state index < -0.39 is 0 Å². The highest BCUT2D eigenvalue weighted by atomic mass is 79.9. The van der Waals surface area contributed by atoms with Crippen molar-refractivity contribution in [3.8, 4) is 6.07 Å². The highest BCUT2D eigenvalue weighted by Gasteiger charge is 2.02. The number of rotatable bonds is 1. The van der Waals surface area contributed by atoms with Crippen LogP contribution < -0.4 is 0 Å². The molecular weight excluding hydrogens is 232 g/mol. The number of pyridine rings is 1. The first-order chi connectivity index (χ1) is 6.31. The average Bonchev–Trinajstić information content (AvgIpc) is 2.53. The first-order valence-corrected chi connectivity index (χ1v) is 4.45. The van der Waals surface area contributed by atoms with Gasteiger partial charge in [0.15, 0.2) is 5.65 Å². The van der Waals surface area contributed by atoms with Crippen LogP contribution in [0.5, 0.6) is 0 Å². The zero-order chi connectivity index (χ0) is 9.26. The van der Waals surface area contributed by atoms with E-state index in [0.717, 1.165) is 15.8 Å². The second-order valence-electron chi connectivity index (χ2n) is 2.55. The summed E-state index contributed by atoms with van der Waals surface area (Å²) >= 11 is 3.35. The largest absolute Gasteiger partial charge is 0.215 e. The molecule has 0 fully saturated rings. The maximum Gasteiger partial charge on any atom is 0.156 e. The van der Waals surface area contributed by atoms with Crippen molar-refractivity contribution in [3.05, 3.63) is 28.6 Å². The molecule has 0 bridgehead atoms. The first kappa shape index (κ1) is 8.20. The number of aromatic nitrogens is 3. The van der Waals surface area contributed by atoms with Gasteiger partial charge in [0.05, 0.1) is 12.5 Å². The molecule has 0 amide bonds. The Bertz CT molecular complexity index is 482. The van der Waals surface area contributed by atoms with E-state index in [1.54, 1.807) is 4.52 Å². The van der Waals surface area contributed by atoms with Crippen LogP contribution in [0.15, 0.2) is 23.1 Å². The first-order valence-electron chi connectivity index (χ1n) is 3.66. The number of hydrogen-bond donors (Lipinski definition) is 0. The third-order valence-corrected chi connectivity index (χ3v) is 2.24. The van der Waals surface area contributed by atoms with Gasteiger partial charge < -0.3 is 0 Å². The van der Waals surface area contributed by atoms with Crippen molar-refractivity contribution < 1.29 is 0 Å². The van der Waals surface area contributed by atoms with Crippen molar-refractivity contribution >= 4 is 21.6 Å². The molecule has 0 saturated heterocycles. The molecule has 4 nitrogen and oxygen atoms in total. The number of halogens is 1. The maximum atomic E-state index is 8.53. The lowest BCUT2D eigenvalue weighted by Gasteiger charge is -1.98. The second-order valence-corrected chi connectivity index (χ2v) is 3.36. The summed E-state index contributed by atoms with van der Waals surface area (Å²) in [5, 5.41) is 12.5. The summed E-state index contributed by atoms with van der Waals surface area (Å²) in [4.78, 5) is 4.03. The van der Waals surface area contributed by atoms with Crippen molar-refractivity contribution in [2.24, 2.45) is 0 Å². The van der Waals surface area contributed by atoms with Crippen LogP contribution >= 0.6 is 15.9 Å². The molecule has 2 aromatic rings. The van der Waals surface area contributed by atoms with Crippen LogP contribution in [0.1, 0.15) is 5.56 Å². The van der Waals surface area contributed by atoms with Crippen LogP contribution in [0.3, 0.4) is 0 Å². The Morgan fingerprint density at radius 2 is 2.38 bits per heavy atom. The van der Waals surface area contributed by atoms with Crippen molar-refractivity contribution in [2.75, 3.05) is 0 Å². The van der Waals surface area contributed by atoms with Gasteiger partial charge in [0.25, 0.3) is 0 Å². The molecule has 0 atom stereocenters. The van der Waals surface area contributed by atoms with Crippen molar-refractivity contribution in [2.45, 2.75) is 6.42 Å². The molecule has 64 valence electrons. The molecule has 2 heterocycles. The zero-order valence-corrected chi connectivity index (χ0v) is 8.19. The molecule has 0 unspecified atom stereocenters. The van der Waals surface area contributed by atoms with E-state index >= 15 is 0 Å². The molecule has 0 radical (unpaired) electrons. The Kier molecular flexibility index (Phi) is 1.99. The van der Waals surface area contributed by atoms with Crippen molar-refractivity contribution in [1.82, 2.24) is 14.6 Å². The summed E-state index contributed by atoms with van der Waals surface area (Å²) in [6.45, 7) is 0. The Labute approximate surface area is 82.9 Å². The summed E-state index contributed by atoms with van der Waals surface area (Å²) in [6, 6.07) is 5.80. The highest BCUT2D eigenvalue weighted by molar-refractivity contribution is 9.10. The quantitative estimate of drug-likeness (QED) is 0.707. The van der Waals surface area contributed by atoms with Gasteiger partial charge in [0, 0.05) is 0 Å². The summed E-state index contributed by atoms with van der Waals surface area (Å²) in [5.41, 5.74) is 1.69. The van der Waals surface area contributed by atoms with Gasteiger partial charge in [0.2, 0.25) is 0 Å². The van der Waals surface area contributed by atoms with E-state index in [4.69, 9.17) is 5.26 Å². The summed E-state index contributed by atoms with van der Waals surface area (Å²) in [7, 11) is 0. The van der Waals surface area contributed by atoms with Gasteiger partial charge in [-0.1, -0.05) is 0 Å². The SMILES string of the molecule is N#CCc1cc(Br)n2ncnc2c1. The molecule has 0 saturated carbocycles. The lowest BCUT2D eigenvalue weighted by Crippen LogP contribution is -1.92. The van der Waals surface area contributed by atoms with Gasteiger partial charge in [-0.05, 0) is 33.6 Å². The normalized spacial score (nSPS) is 10.2. The lowest BCUT2D eigenvalue weighted by molar-refractivity contribution is 0.929. The van der Waals surface area contributed by atoms with E-state index in [2.05, 4.69) is 32.1 Å². The third-order valence-electron chi connectivity index (χ3n) is 1.68. The summed E-state index contributed by atoms with van der Waals surface area (Å²) in [5.74, 6) is 0. The number of fused-ring (bicyclic) bond motifs is 1. The fourth-order valence-electron chi connectivity index (χ4n) is 1.13. The molecule has 0 N–H and O–H groups in total. The van der Waals surface area contributed by atoms with Gasteiger partial charge >= 0.3 is 0 Å². The monoisotopic (exact) mass is 236 g/mol. The molecule has 2 aromatic heterocycles. The number of nitrogens with zero attached hydrogens (tertiary/aromatic N) is 4. The summed E-state index contributed by atoms with van der Waals surface area (Å²) < 4.78 is 2.48. The molecule has 0 aromatic carbocycles. The third kappa shape index (κ3) is 1.40. The van der Waals surface area contributed by atoms with E-state index in [1.807, 2.05) is 12.1 Å². The van der Waals surface area contributed by atoms with E-state index in [9.17, 15) is 0 Å². The standard InChI is InChI=1S/C8H5BrN4/c9-7-3-6(1-2-10)4-8-11-5-12-13(7)8/h3-5H,1H2. The van der Waals surface area contributed by atoms with E-state index in [-0.39, 0.29) is 0 Å². The predicted molar refractivity (Wildman–Crippen MR) is 50.0 cm³/mol. The molecule has 0 aliphatic rings. The van der Waals surface area contributed by atoms with Crippen LogP contribution in [-0.2, 0) is 6.42 Å². The summed E-state index contributed by atoms with van der Waals surface area (Å²) in [6.07, 6.45) is 1.87. The van der Waals surface area contributed by atoms with Crippen LogP contribution in [-0.4, -0.2) is 14.6 Å². The van der Waals surface area contributed by atoms with Gasteiger partial charge in [-0.2, -0.15) is 10.4 Å². The molecule has 0 spiro atoms.